The van der Waals surface area contributed by atoms with Crippen molar-refractivity contribution < 1.29 is 35.9 Å². The molecule has 1 aliphatic heterocycles. The number of carbonyl (C=O) groups is 2. The Bertz CT molecular complexity index is 1480. The van der Waals surface area contributed by atoms with Crippen LogP contribution in [0, 0.1) is 11.3 Å². The molecule has 3 fully saturated rings. The minimum absolute atomic E-state index is 0.227. The first-order chi connectivity index (χ1) is 18.8. The van der Waals surface area contributed by atoms with Crippen LogP contribution in [0.15, 0.2) is 53.4 Å². The maximum absolute atomic E-state index is 13.9. The van der Waals surface area contributed by atoms with Crippen molar-refractivity contribution in [1.29, 1.82) is 5.26 Å². The molecule has 1 N–H and O–H groups in total. The zero-order valence-corrected chi connectivity index (χ0v) is 22.7. The fourth-order valence-corrected chi connectivity index (χ4v) is 7.37. The highest BCUT2D eigenvalue weighted by Crippen LogP contribution is 2.51. The van der Waals surface area contributed by atoms with Gasteiger partial charge in [-0.25, -0.2) is 8.42 Å². The molecule has 8 nitrogen and oxygen atoms in total. The summed E-state index contributed by atoms with van der Waals surface area (Å²) in [6, 6.07) is 13.1. The van der Waals surface area contributed by atoms with Crippen LogP contribution in [0.5, 0.6) is 5.75 Å². The third-order valence-electron chi connectivity index (χ3n) is 7.69. The summed E-state index contributed by atoms with van der Waals surface area (Å²) in [4.78, 5) is 28.2. The van der Waals surface area contributed by atoms with Crippen molar-refractivity contribution in [2.24, 2.45) is 0 Å². The molecule has 0 aromatic heterocycles. The minimum atomic E-state index is -4.59. The molecule has 13 heteroatoms. The van der Waals surface area contributed by atoms with E-state index in [-0.39, 0.29) is 34.5 Å². The van der Waals surface area contributed by atoms with E-state index in [1.165, 1.54) is 4.90 Å². The van der Waals surface area contributed by atoms with E-state index < -0.39 is 50.8 Å². The van der Waals surface area contributed by atoms with Gasteiger partial charge in [0, 0.05) is 12.6 Å². The first-order valence-corrected chi connectivity index (χ1v) is 14.6. The normalized spacial score (nSPS) is 22.7. The van der Waals surface area contributed by atoms with Crippen molar-refractivity contribution in [3.05, 3.63) is 59.1 Å². The van der Waals surface area contributed by atoms with Crippen LogP contribution < -0.4 is 10.1 Å². The maximum Gasteiger partial charge on any atom is 0.422 e. The second-order valence-corrected chi connectivity index (χ2v) is 13.1. The predicted molar refractivity (Wildman–Crippen MR) is 137 cm³/mol. The van der Waals surface area contributed by atoms with Crippen molar-refractivity contribution in [3.8, 4) is 11.8 Å². The highest BCUT2D eigenvalue weighted by Gasteiger charge is 2.58. The molecule has 0 radical (unpaired) electrons. The number of nitrogens with one attached hydrogen (secondary N) is 1. The van der Waals surface area contributed by atoms with Crippen LogP contribution in [0.4, 0.5) is 13.2 Å². The summed E-state index contributed by atoms with van der Waals surface area (Å²) in [7, 11) is -4.23. The minimum Gasteiger partial charge on any atom is -0.484 e. The van der Waals surface area contributed by atoms with E-state index in [4.69, 9.17) is 11.6 Å². The van der Waals surface area contributed by atoms with Crippen molar-refractivity contribution in [3.63, 3.8) is 0 Å². The van der Waals surface area contributed by atoms with E-state index in [0.717, 1.165) is 23.8 Å². The van der Waals surface area contributed by atoms with Gasteiger partial charge in [0.1, 0.15) is 17.3 Å². The average Bonchev–Trinajstić information content (AvgIpc) is 3.83. The van der Waals surface area contributed by atoms with Gasteiger partial charge in [-0.2, -0.15) is 18.4 Å². The topological polar surface area (TPSA) is 117 Å². The molecule has 1 saturated heterocycles. The molecule has 1 heterocycles. The predicted octanol–water partition coefficient (Wildman–Crippen LogP) is 3.93. The van der Waals surface area contributed by atoms with Gasteiger partial charge in [0.2, 0.25) is 11.8 Å². The summed E-state index contributed by atoms with van der Waals surface area (Å²) in [6.45, 7) is -1.85. The van der Waals surface area contributed by atoms with Crippen LogP contribution in [0.3, 0.4) is 0 Å². The Morgan fingerprint density at radius 2 is 1.80 bits per heavy atom. The van der Waals surface area contributed by atoms with E-state index in [9.17, 15) is 36.4 Å². The van der Waals surface area contributed by atoms with Gasteiger partial charge in [0.05, 0.1) is 26.7 Å². The highest BCUT2D eigenvalue weighted by atomic mass is 35.5. The number of nitrogens with zero attached hydrogens (tertiary/aromatic N) is 2. The van der Waals surface area contributed by atoms with Crippen LogP contribution in [-0.2, 0) is 24.8 Å². The SMILES string of the molecule is N#CC1(NC(=O)[C@@H]2CC(S(=O)(=O)c3ccc(OCC(F)(F)F)cc3Cl)CN2C(=O)C2(c3ccccc3)CC2)CC1. The van der Waals surface area contributed by atoms with Crippen molar-refractivity contribution in [2.45, 2.75) is 65.4 Å². The zero-order valence-electron chi connectivity index (χ0n) is 21.1. The fourth-order valence-electron chi connectivity index (χ4n) is 5.13. The lowest BCUT2D eigenvalue weighted by atomic mass is 9.94. The third kappa shape index (κ3) is 5.37. The van der Waals surface area contributed by atoms with Crippen LogP contribution in [0.25, 0.3) is 0 Å². The Labute approximate surface area is 234 Å². The van der Waals surface area contributed by atoms with Gasteiger partial charge in [0.15, 0.2) is 16.4 Å². The Morgan fingerprint density at radius 3 is 2.35 bits per heavy atom. The van der Waals surface area contributed by atoms with Crippen LogP contribution >= 0.6 is 11.6 Å². The van der Waals surface area contributed by atoms with Crippen molar-refractivity contribution in [2.75, 3.05) is 13.2 Å². The Balaban J connectivity index is 1.42. The summed E-state index contributed by atoms with van der Waals surface area (Å²) in [5.74, 6) is -1.22. The maximum atomic E-state index is 13.9. The number of carbonyl (C=O) groups excluding carboxylic acids is 2. The Morgan fingerprint density at radius 1 is 1.12 bits per heavy atom. The largest absolute Gasteiger partial charge is 0.484 e. The van der Waals surface area contributed by atoms with Crippen LogP contribution in [0.1, 0.15) is 37.7 Å². The molecule has 2 atom stereocenters. The third-order valence-corrected chi connectivity index (χ3v) is 10.3. The number of rotatable bonds is 8. The number of nitriles is 1. The van der Waals surface area contributed by atoms with E-state index in [1.54, 1.807) is 12.1 Å². The first kappa shape index (κ1) is 28.2. The number of halogens is 4. The van der Waals surface area contributed by atoms with Gasteiger partial charge in [-0.3, -0.25) is 9.59 Å². The molecule has 2 aromatic rings. The van der Waals surface area contributed by atoms with Crippen LogP contribution in [-0.4, -0.2) is 61.3 Å². The zero-order chi connectivity index (χ0) is 28.9. The van der Waals surface area contributed by atoms with Gasteiger partial charge in [0.25, 0.3) is 0 Å². The Hall–Kier alpha value is -3.30. The fraction of sp³-hybridized carbons (Fsp3) is 0.444. The van der Waals surface area contributed by atoms with Crippen molar-refractivity contribution in [1.82, 2.24) is 10.2 Å². The monoisotopic (exact) mass is 595 g/mol. The van der Waals surface area contributed by atoms with Gasteiger partial charge < -0.3 is 15.0 Å². The molecule has 212 valence electrons. The van der Waals surface area contributed by atoms with Crippen LogP contribution in [0.2, 0.25) is 5.02 Å². The van der Waals surface area contributed by atoms with Gasteiger partial charge in [-0.05, 0) is 49.8 Å². The second kappa shape index (κ2) is 9.96. The first-order valence-electron chi connectivity index (χ1n) is 12.6. The average molecular weight is 596 g/mol. The molecule has 2 saturated carbocycles. The number of ether oxygens (including phenoxy) is 1. The number of sulfone groups is 1. The lowest BCUT2D eigenvalue weighted by Gasteiger charge is -2.29. The molecule has 3 aliphatic rings. The molecular formula is C27H25ClF3N3O5S. The molecular weight excluding hydrogens is 571 g/mol. The summed E-state index contributed by atoms with van der Waals surface area (Å²) in [5, 5.41) is 10.6. The van der Waals surface area contributed by atoms with E-state index in [2.05, 4.69) is 16.1 Å². The molecule has 5 rings (SSSR count). The number of benzene rings is 2. The number of alkyl halides is 3. The number of likely N-dealkylation sites (tertiary alicyclic amines) is 1. The number of hydrogen-bond donors (Lipinski definition) is 1. The van der Waals surface area contributed by atoms with E-state index >= 15 is 0 Å². The van der Waals surface area contributed by atoms with Crippen molar-refractivity contribution >= 4 is 33.3 Å². The summed E-state index contributed by atoms with van der Waals surface area (Å²) < 4.78 is 69.5. The lowest BCUT2D eigenvalue weighted by molar-refractivity contribution is -0.153. The quantitative estimate of drug-likeness (QED) is 0.494. The molecule has 2 amide bonds. The summed E-state index contributed by atoms with van der Waals surface area (Å²) in [6.07, 6.45) is -2.80. The Kier molecular flexibility index (Phi) is 7.03. The molecule has 40 heavy (non-hydrogen) atoms. The van der Waals surface area contributed by atoms with Gasteiger partial charge in [-0.15, -0.1) is 0 Å². The molecule has 0 bridgehead atoms. The molecule has 2 aliphatic carbocycles. The van der Waals surface area contributed by atoms with E-state index in [1.807, 2.05) is 18.2 Å². The molecule has 0 spiro atoms. The van der Waals surface area contributed by atoms with E-state index in [0.29, 0.717) is 25.7 Å². The highest BCUT2D eigenvalue weighted by molar-refractivity contribution is 7.92. The molecule has 2 aromatic carbocycles. The van der Waals surface area contributed by atoms with Gasteiger partial charge in [-0.1, -0.05) is 41.9 Å². The number of amides is 2. The molecule has 1 unspecified atom stereocenters. The van der Waals surface area contributed by atoms with Gasteiger partial charge >= 0.3 is 6.18 Å². The smallest absolute Gasteiger partial charge is 0.422 e. The summed E-state index contributed by atoms with van der Waals surface area (Å²) in [5.41, 5.74) is -1.10. The second-order valence-electron chi connectivity index (χ2n) is 10.5. The lowest BCUT2D eigenvalue weighted by Crippen LogP contribution is -2.51. The standard InChI is InChI=1S/C27H25ClF3N3O5S/c28-20-12-18(39-16-27(29,30)31)6-7-22(20)40(37,38)19-13-21(23(35)33-25(15-32)8-9-25)34(14-19)24(36)26(10-11-26)17-4-2-1-3-5-17/h1-7,12,19,21H,8-11,13-14,16H2,(H,33,35)/t19?,21-/m0/s1. The number of hydrogen-bond acceptors (Lipinski definition) is 6. The summed E-state index contributed by atoms with van der Waals surface area (Å²) >= 11 is 6.18.